The number of ether oxygens (including phenoxy) is 2. The average Bonchev–Trinajstić information content (AvgIpc) is 2.36. The highest BCUT2D eigenvalue weighted by Gasteiger charge is 2.30. The Balaban J connectivity index is 3.24. The van der Waals surface area contributed by atoms with E-state index in [1.807, 2.05) is 0 Å². The lowest BCUT2D eigenvalue weighted by molar-refractivity contribution is -0.154. The van der Waals surface area contributed by atoms with Crippen LogP contribution >= 0.6 is 0 Å². The Labute approximate surface area is 119 Å². The maximum atomic E-state index is 12.4. The number of carboxylic acid groups (broad SMARTS) is 1. The zero-order valence-electron chi connectivity index (χ0n) is 13.7. The van der Waals surface area contributed by atoms with E-state index in [2.05, 4.69) is 9.47 Å². The van der Waals surface area contributed by atoms with E-state index in [4.69, 9.17) is 10.6 Å². The van der Waals surface area contributed by atoms with Crippen LogP contribution in [0.2, 0.25) is 0 Å². The van der Waals surface area contributed by atoms with Crippen LogP contribution in [-0.4, -0.2) is 36.5 Å². The van der Waals surface area contributed by atoms with Crippen LogP contribution < -0.4 is 9.47 Å². The van der Waals surface area contributed by atoms with Gasteiger partial charge >= 0.3 is 18.3 Å². The standard InChI is InChI=1S/C11H8F6O4/c12-10(13,14)4-20-6-1-2-8(7(3-6)9(18)19)21-5-11(15,16)17/h1-3H,4-5H2,(H,18,19)/i4D2,5D2. The molecule has 21 heavy (non-hydrogen) atoms. The largest absolute Gasteiger partial charge is 0.484 e. The third-order valence-electron chi connectivity index (χ3n) is 1.74. The van der Waals surface area contributed by atoms with Crippen molar-refractivity contribution in [3.8, 4) is 11.5 Å². The SMILES string of the molecule is [2H]C([2H])(Oc1ccc(OC([2H])([2H])C(F)(F)F)c(C(=O)O)c1)C(F)(F)F. The van der Waals surface area contributed by atoms with E-state index < -0.39 is 48.5 Å². The maximum Gasteiger partial charge on any atom is 0.422 e. The molecule has 4 nitrogen and oxygen atoms in total. The third-order valence-corrected chi connectivity index (χ3v) is 1.74. The fraction of sp³-hybridized carbons (Fsp3) is 0.364. The van der Waals surface area contributed by atoms with E-state index in [0.29, 0.717) is 12.1 Å². The smallest absolute Gasteiger partial charge is 0.422 e. The molecule has 1 aromatic carbocycles. The fourth-order valence-electron chi connectivity index (χ4n) is 1.06. The normalized spacial score (nSPS) is 16.3. The first-order chi connectivity index (χ1) is 11.0. The van der Waals surface area contributed by atoms with Crippen LogP contribution in [0.5, 0.6) is 11.5 Å². The topological polar surface area (TPSA) is 55.8 Å². The van der Waals surface area contributed by atoms with Gasteiger partial charge in [0.25, 0.3) is 0 Å². The molecule has 0 fully saturated rings. The van der Waals surface area contributed by atoms with Gasteiger partial charge < -0.3 is 14.6 Å². The molecule has 0 saturated heterocycles. The summed E-state index contributed by atoms with van der Waals surface area (Å²) in [4.78, 5) is 11.0. The lowest BCUT2D eigenvalue weighted by atomic mass is 10.2. The van der Waals surface area contributed by atoms with Crippen molar-refractivity contribution in [1.82, 2.24) is 0 Å². The summed E-state index contributed by atoms with van der Waals surface area (Å²) >= 11 is 0. The molecule has 1 rings (SSSR count). The second-order valence-electron chi connectivity index (χ2n) is 3.37. The van der Waals surface area contributed by atoms with E-state index in [-0.39, 0.29) is 6.07 Å². The third kappa shape index (κ3) is 6.23. The van der Waals surface area contributed by atoms with Gasteiger partial charge in [-0.25, -0.2) is 4.79 Å². The summed E-state index contributed by atoms with van der Waals surface area (Å²) in [7, 11) is 0. The number of carbonyl (C=O) groups is 1. The number of alkyl halides is 6. The van der Waals surface area contributed by atoms with Crippen molar-refractivity contribution in [2.24, 2.45) is 0 Å². The van der Waals surface area contributed by atoms with Gasteiger partial charge in [-0.3, -0.25) is 0 Å². The minimum absolute atomic E-state index is 0.272. The summed E-state index contributed by atoms with van der Waals surface area (Å²) in [5.74, 6) is -4.08. The molecule has 0 saturated carbocycles. The van der Waals surface area contributed by atoms with Crippen LogP contribution in [0.4, 0.5) is 26.3 Å². The number of hydrogen-bond acceptors (Lipinski definition) is 3. The van der Waals surface area contributed by atoms with Gasteiger partial charge in [0.1, 0.15) is 17.1 Å². The maximum absolute atomic E-state index is 12.4. The highest BCUT2D eigenvalue weighted by Crippen LogP contribution is 2.27. The molecule has 118 valence electrons. The Morgan fingerprint density at radius 3 is 2.10 bits per heavy atom. The van der Waals surface area contributed by atoms with Gasteiger partial charge in [-0.05, 0) is 18.2 Å². The molecule has 0 heterocycles. The van der Waals surface area contributed by atoms with Crippen molar-refractivity contribution >= 4 is 5.97 Å². The van der Waals surface area contributed by atoms with Crippen LogP contribution in [0.1, 0.15) is 15.8 Å². The molecule has 1 N–H and O–H groups in total. The minimum Gasteiger partial charge on any atom is -0.484 e. The second kappa shape index (κ2) is 6.10. The zero-order valence-corrected chi connectivity index (χ0v) is 9.67. The number of halogens is 6. The van der Waals surface area contributed by atoms with E-state index in [0.717, 1.165) is 0 Å². The highest BCUT2D eigenvalue weighted by atomic mass is 19.4. The van der Waals surface area contributed by atoms with Crippen LogP contribution in [0.3, 0.4) is 0 Å². The number of carboxylic acids is 1. The first-order valence-corrected chi connectivity index (χ1v) is 4.87. The van der Waals surface area contributed by atoms with Gasteiger partial charge in [-0.2, -0.15) is 26.3 Å². The number of rotatable bonds is 5. The van der Waals surface area contributed by atoms with Crippen molar-refractivity contribution < 1.29 is 51.2 Å². The number of hydrogen-bond donors (Lipinski definition) is 1. The zero-order chi connectivity index (χ0) is 19.8. The van der Waals surface area contributed by atoms with E-state index >= 15 is 0 Å². The highest BCUT2D eigenvalue weighted by molar-refractivity contribution is 5.91. The van der Waals surface area contributed by atoms with E-state index in [1.165, 1.54) is 0 Å². The summed E-state index contributed by atoms with van der Waals surface area (Å²) < 4.78 is 109. The van der Waals surface area contributed by atoms with E-state index in [9.17, 15) is 31.1 Å². The van der Waals surface area contributed by atoms with Crippen molar-refractivity contribution in [3.05, 3.63) is 23.8 Å². The Morgan fingerprint density at radius 2 is 1.62 bits per heavy atom. The van der Waals surface area contributed by atoms with Crippen molar-refractivity contribution in [3.63, 3.8) is 0 Å². The average molecular weight is 322 g/mol. The molecular weight excluding hydrogens is 310 g/mol. The molecule has 0 spiro atoms. The van der Waals surface area contributed by atoms with Crippen LogP contribution in [0, 0.1) is 0 Å². The van der Waals surface area contributed by atoms with Crippen LogP contribution in [-0.2, 0) is 0 Å². The lowest BCUT2D eigenvalue weighted by Gasteiger charge is -2.13. The Bertz CT molecular complexity index is 659. The van der Waals surface area contributed by atoms with Gasteiger partial charge in [-0.15, -0.1) is 0 Å². The molecule has 0 bridgehead atoms. The van der Waals surface area contributed by atoms with Crippen molar-refractivity contribution in [2.75, 3.05) is 13.1 Å². The molecule has 0 atom stereocenters. The van der Waals surface area contributed by atoms with Crippen LogP contribution in [0.25, 0.3) is 0 Å². The molecule has 0 radical (unpaired) electrons. The Hall–Kier alpha value is -2.13. The monoisotopic (exact) mass is 322 g/mol. The number of benzene rings is 1. The summed E-state index contributed by atoms with van der Waals surface area (Å²) in [6, 6.07) is 1.18. The summed E-state index contributed by atoms with van der Waals surface area (Å²) in [6.07, 6.45) is -11.0. The Morgan fingerprint density at radius 1 is 1.10 bits per heavy atom. The molecule has 0 aliphatic carbocycles. The summed E-state index contributed by atoms with van der Waals surface area (Å²) in [5.41, 5.74) is -1.16. The Kier molecular flexibility index (Phi) is 3.35. The fourth-order valence-corrected chi connectivity index (χ4v) is 1.06. The summed E-state index contributed by atoms with van der Waals surface area (Å²) in [6.45, 7) is -8.48. The van der Waals surface area contributed by atoms with Gasteiger partial charge in [0.15, 0.2) is 13.1 Å². The molecule has 0 aliphatic heterocycles. The van der Waals surface area contributed by atoms with Gasteiger partial charge in [0.05, 0.1) is 5.48 Å². The van der Waals surface area contributed by atoms with Gasteiger partial charge in [0, 0.05) is 0 Å². The molecule has 0 unspecified atom stereocenters. The molecule has 0 amide bonds. The van der Waals surface area contributed by atoms with Gasteiger partial charge in [0.2, 0.25) is 0 Å². The first-order valence-electron chi connectivity index (χ1n) is 6.87. The minimum atomic E-state index is -5.52. The van der Waals surface area contributed by atoms with Gasteiger partial charge in [-0.1, -0.05) is 0 Å². The molecular formula is C11H8F6O4. The van der Waals surface area contributed by atoms with E-state index in [1.54, 1.807) is 0 Å². The quantitative estimate of drug-likeness (QED) is 0.846. The van der Waals surface area contributed by atoms with Crippen molar-refractivity contribution in [1.29, 1.82) is 0 Å². The van der Waals surface area contributed by atoms with Crippen LogP contribution in [0.15, 0.2) is 18.2 Å². The molecule has 10 heteroatoms. The first kappa shape index (κ1) is 11.5. The molecule has 0 aromatic heterocycles. The predicted octanol–water partition coefficient (Wildman–Crippen LogP) is 3.27. The number of aromatic carboxylic acids is 1. The van der Waals surface area contributed by atoms with Crippen molar-refractivity contribution in [2.45, 2.75) is 12.4 Å². The molecule has 0 aliphatic rings. The summed E-state index contributed by atoms with van der Waals surface area (Å²) in [5, 5.41) is 8.89. The second-order valence-corrected chi connectivity index (χ2v) is 3.37. The molecule has 1 aromatic rings. The lowest BCUT2D eigenvalue weighted by Crippen LogP contribution is -2.21. The predicted molar refractivity (Wildman–Crippen MR) is 56.5 cm³/mol.